The minimum absolute atomic E-state index is 0.520. The molecule has 2 aromatic carbocycles. The Bertz CT molecular complexity index is 1210. The number of pyridine rings is 1. The van der Waals surface area contributed by atoms with E-state index < -0.39 is 0 Å². The molecule has 0 radical (unpaired) electrons. The number of ether oxygens (including phenoxy) is 5. The quantitative estimate of drug-likeness (QED) is 0.406. The molecule has 7 nitrogen and oxygen atoms in total. The Hall–Kier alpha value is -3.87. The number of hydrogen-bond donors (Lipinski definition) is 0. The molecule has 0 spiro atoms. The van der Waals surface area contributed by atoms with E-state index in [0.29, 0.717) is 40.1 Å². The van der Waals surface area contributed by atoms with E-state index in [1.54, 1.807) is 41.7 Å². The van der Waals surface area contributed by atoms with Gasteiger partial charge in [-0.25, -0.2) is 0 Å². The minimum atomic E-state index is 0.520. The molecule has 160 valence electrons. The number of hydrogen-bond acceptors (Lipinski definition) is 7. The first-order valence-electron chi connectivity index (χ1n) is 9.54. The Morgan fingerprint density at radius 3 is 2.00 bits per heavy atom. The molecule has 0 bridgehead atoms. The maximum absolute atomic E-state index is 6.27. The normalized spacial score (nSPS) is 10.7. The average Bonchev–Trinajstić information content (AvgIpc) is 3.27. The van der Waals surface area contributed by atoms with Crippen LogP contribution in [0, 0.1) is 0 Å². The Morgan fingerprint density at radius 1 is 0.677 bits per heavy atom. The van der Waals surface area contributed by atoms with Crippen LogP contribution in [-0.4, -0.2) is 40.5 Å². The van der Waals surface area contributed by atoms with Crippen LogP contribution in [0.5, 0.6) is 28.7 Å². The number of aromatic nitrogens is 1. The van der Waals surface area contributed by atoms with E-state index in [1.165, 1.54) is 0 Å². The highest BCUT2D eigenvalue weighted by molar-refractivity contribution is 5.94. The molecular weight excluding hydrogens is 398 g/mol. The van der Waals surface area contributed by atoms with Crippen LogP contribution in [0.3, 0.4) is 0 Å². The fourth-order valence-corrected chi connectivity index (χ4v) is 3.54. The van der Waals surface area contributed by atoms with E-state index >= 15 is 0 Å². The summed E-state index contributed by atoms with van der Waals surface area (Å²) < 4.78 is 33.5. The third-order valence-electron chi connectivity index (χ3n) is 5.06. The molecule has 0 saturated carbocycles. The topological polar surface area (TPSA) is 72.2 Å². The first kappa shape index (κ1) is 20.4. The van der Waals surface area contributed by atoms with E-state index in [4.69, 9.17) is 28.1 Å². The van der Waals surface area contributed by atoms with Crippen LogP contribution >= 0.6 is 0 Å². The van der Waals surface area contributed by atoms with Gasteiger partial charge in [0.1, 0.15) is 22.8 Å². The first-order valence-corrected chi connectivity index (χ1v) is 9.54. The summed E-state index contributed by atoms with van der Waals surface area (Å²) in [4.78, 5) is 4.48. The van der Waals surface area contributed by atoms with Gasteiger partial charge in [-0.05, 0) is 30.3 Å². The van der Waals surface area contributed by atoms with Gasteiger partial charge < -0.3 is 28.1 Å². The zero-order valence-electron chi connectivity index (χ0n) is 18.0. The average molecular weight is 421 g/mol. The summed E-state index contributed by atoms with van der Waals surface area (Å²) in [6, 6.07) is 13.1. The number of nitrogens with zero attached hydrogens (tertiary/aromatic N) is 1. The molecular formula is C24H23NO6. The number of rotatable bonds is 7. The van der Waals surface area contributed by atoms with Crippen LogP contribution < -0.4 is 23.7 Å². The highest BCUT2D eigenvalue weighted by Gasteiger charge is 2.19. The highest BCUT2D eigenvalue weighted by atomic mass is 16.5. The van der Waals surface area contributed by atoms with Crippen molar-refractivity contribution in [2.24, 2.45) is 0 Å². The molecule has 0 aliphatic rings. The van der Waals surface area contributed by atoms with Gasteiger partial charge in [0.25, 0.3) is 0 Å². The van der Waals surface area contributed by atoms with Crippen molar-refractivity contribution >= 4 is 11.1 Å². The molecule has 0 fully saturated rings. The van der Waals surface area contributed by atoms with Gasteiger partial charge in [0.2, 0.25) is 5.75 Å². The van der Waals surface area contributed by atoms with Crippen molar-refractivity contribution in [2.75, 3.05) is 35.5 Å². The second kappa shape index (κ2) is 8.47. The van der Waals surface area contributed by atoms with Crippen molar-refractivity contribution in [1.82, 2.24) is 4.98 Å². The summed E-state index contributed by atoms with van der Waals surface area (Å²) in [5, 5.41) is 0. The standard InChI is InChI=1S/C24H23NO6/c1-26-15-6-7-16(20(12-15)27-2)17-8-9-25-18-13-19(31-23(17)18)14-10-21(28-3)24(30-5)22(11-14)29-4/h6-13H,1-5H3. The molecule has 0 amide bonds. The smallest absolute Gasteiger partial charge is 0.203 e. The molecule has 0 aliphatic carbocycles. The van der Waals surface area contributed by atoms with Crippen molar-refractivity contribution in [3.63, 3.8) is 0 Å². The third kappa shape index (κ3) is 3.59. The van der Waals surface area contributed by atoms with Crippen molar-refractivity contribution < 1.29 is 28.1 Å². The van der Waals surface area contributed by atoms with Crippen molar-refractivity contribution in [2.45, 2.75) is 0 Å². The van der Waals surface area contributed by atoms with Gasteiger partial charge in [-0.15, -0.1) is 0 Å². The summed E-state index contributed by atoms with van der Waals surface area (Å²) in [6.07, 6.45) is 1.75. The zero-order chi connectivity index (χ0) is 22.0. The van der Waals surface area contributed by atoms with E-state index in [-0.39, 0.29) is 0 Å². The van der Waals surface area contributed by atoms with Crippen LogP contribution in [-0.2, 0) is 0 Å². The summed E-state index contributed by atoms with van der Waals surface area (Å²) in [7, 11) is 7.97. The van der Waals surface area contributed by atoms with Crippen LogP contribution in [0.15, 0.2) is 53.1 Å². The molecule has 4 aromatic rings. The van der Waals surface area contributed by atoms with Gasteiger partial charge in [-0.1, -0.05) is 0 Å². The Morgan fingerprint density at radius 2 is 1.39 bits per heavy atom. The Labute approximate surface area is 180 Å². The first-order chi connectivity index (χ1) is 15.1. The molecule has 0 aliphatic heterocycles. The van der Waals surface area contributed by atoms with E-state index in [2.05, 4.69) is 4.98 Å². The zero-order valence-corrected chi connectivity index (χ0v) is 18.0. The SMILES string of the molecule is COc1ccc(-c2ccnc3cc(-c4cc(OC)c(OC)c(OC)c4)oc23)c(OC)c1. The highest BCUT2D eigenvalue weighted by Crippen LogP contribution is 2.43. The van der Waals surface area contributed by atoms with Gasteiger partial charge in [0, 0.05) is 35.0 Å². The molecule has 0 atom stereocenters. The summed E-state index contributed by atoms with van der Waals surface area (Å²) >= 11 is 0. The molecule has 7 heteroatoms. The van der Waals surface area contributed by atoms with Gasteiger partial charge in [0.05, 0.1) is 35.5 Å². The van der Waals surface area contributed by atoms with E-state index in [0.717, 1.165) is 22.2 Å². The van der Waals surface area contributed by atoms with Crippen LogP contribution in [0.1, 0.15) is 0 Å². The van der Waals surface area contributed by atoms with Crippen LogP contribution in [0.4, 0.5) is 0 Å². The molecule has 31 heavy (non-hydrogen) atoms. The lowest BCUT2D eigenvalue weighted by Crippen LogP contribution is -1.95. The molecule has 2 aromatic heterocycles. The van der Waals surface area contributed by atoms with Gasteiger partial charge in [0.15, 0.2) is 17.1 Å². The van der Waals surface area contributed by atoms with Gasteiger partial charge in [-0.3, -0.25) is 4.98 Å². The lowest BCUT2D eigenvalue weighted by molar-refractivity contribution is 0.324. The molecule has 4 rings (SSSR count). The molecule has 0 unspecified atom stereocenters. The van der Waals surface area contributed by atoms with Crippen molar-refractivity contribution in [3.05, 3.63) is 48.7 Å². The lowest BCUT2D eigenvalue weighted by atomic mass is 10.0. The largest absolute Gasteiger partial charge is 0.497 e. The maximum Gasteiger partial charge on any atom is 0.203 e. The predicted molar refractivity (Wildman–Crippen MR) is 118 cm³/mol. The second-order valence-electron chi connectivity index (χ2n) is 6.66. The molecule has 2 heterocycles. The van der Waals surface area contributed by atoms with Crippen LogP contribution in [0.2, 0.25) is 0 Å². The Balaban J connectivity index is 1.88. The fourth-order valence-electron chi connectivity index (χ4n) is 3.54. The third-order valence-corrected chi connectivity index (χ3v) is 5.06. The van der Waals surface area contributed by atoms with Crippen molar-refractivity contribution in [3.8, 4) is 51.2 Å². The van der Waals surface area contributed by atoms with Crippen LogP contribution in [0.25, 0.3) is 33.6 Å². The number of benzene rings is 2. The fraction of sp³-hybridized carbons (Fsp3) is 0.208. The maximum atomic E-state index is 6.27. The number of methoxy groups -OCH3 is 5. The minimum Gasteiger partial charge on any atom is -0.497 e. The summed E-state index contributed by atoms with van der Waals surface area (Å²) in [6.45, 7) is 0. The summed E-state index contributed by atoms with van der Waals surface area (Å²) in [5.41, 5.74) is 3.89. The predicted octanol–water partition coefficient (Wildman–Crippen LogP) is 5.20. The van der Waals surface area contributed by atoms with Crippen molar-refractivity contribution in [1.29, 1.82) is 0 Å². The monoisotopic (exact) mass is 421 g/mol. The molecule has 0 saturated heterocycles. The lowest BCUT2D eigenvalue weighted by Gasteiger charge is -2.13. The van der Waals surface area contributed by atoms with Gasteiger partial charge in [-0.2, -0.15) is 0 Å². The van der Waals surface area contributed by atoms with E-state index in [1.807, 2.05) is 42.5 Å². The number of fused-ring (bicyclic) bond motifs is 1. The van der Waals surface area contributed by atoms with Gasteiger partial charge >= 0.3 is 0 Å². The number of furan rings is 1. The van der Waals surface area contributed by atoms with E-state index in [9.17, 15) is 0 Å². The summed E-state index contributed by atoms with van der Waals surface area (Å²) in [5.74, 6) is 3.62. The second-order valence-corrected chi connectivity index (χ2v) is 6.66. The molecule has 0 N–H and O–H groups in total. The Kier molecular flexibility index (Phi) is 5.58.